The third-order valence-corrected chi connectivity index (χ3v) is 4.40. The van der Waals surface area contributed by atoms with Crippen LogP contribution in [0.25, 0.3) is 27.6 Å². The minimum atomic E-state index is -0.720. The van der Waals surface area contributed by atoms with Crippen LogP contribution in [0.4, 0.5) is 0 Å². The van der Waals surface area contributed by atoms with Gasteiger partial charge in [0.15, 0.2) is 18.2 Å². The number of aromatic nitrogens is 2. The third kappa shape index (κ3) is 2.97. The molecule has 7 heteroatoms. The Morgan fingerprint density at radius 2 is 2.00 bits per heavy atom. The second-order valence-electron chi connectivity index (χ2n) is 6.16. The Bertz CT molecular complexity index is 1240. The number of fused-ring (bicyclic) bond motifs is 2. The number of hydrogen-bond donors (Lipinski definition) is 2. The number of carbonyl (C=O) groups excluding carboxylic acids is 1. The van der Waals surface area contributed by atoms with E-state index in [-0.39, 0.29) is 17.2 Å². The Morgan fingerprint density at radius 3 is 2.75 bits per heavy atom. The number of nitrogens with one attached hydrogen (secondary N) is 1. The molecular weight excluding hydrogens is 358 g/mol. The average molecular weight is 373 g/mol. The predicted octanol–water partition coefficient (Wildman–Crippen LogP) is 4.27. The van der Waals surface area contributed by atoms with Crippen LogP contribution in [-0.2, 0) is 4.74 Å². The van der Waals surface area contributed by atoms with Crippen molar-refractivity contribution in [2.24, 2.45) is 0 Å². The molecule has 2 aromatic carbocycles. The summed E-state index contributed by atoms with van der Waals surface area (Å²) in [5.74, 6) is -0.848. The molecule has 0 amide bonds. The number of aliphatic hydroxyl groups is 1. The Morgan fingerprint density at radius 1 is 1.25 bits per heavy atom. The second kappa shape index (κ2) is 6.93. The molecule has 0 saturated heterocycles. The molecule has 138 valence electrons. The van der Waals surface area contributed by atoms with E-state index in [4.69, 9.17) is 9.15 Å². The van der Waals surface area contributed by atoms with E-state index in [9.17, 15) is 15.2 Å². The summed E-state index contributed by atoms with van der Waals surface area (Å²) >= 11 is 0. The lowest BCUT2D eigenvalue weighted by Gasteiger charge is -2.04. The first-order valence-electron chi connectivity index (χ1n) is 8.51. The number of nitriles is 1. The zero-order valence-electron chi connectivity index (χ0n) is 14.9. The number of rotatable bonds is 4. The number of allylic oxidation sites excluding steroid dienone is 1. The van der Waals surface area contributed by atoms with Crippen molar-refractivity contribution in [1.29, 1.82) is 5.26 Å². The van der Waals surface area contributed by atoms with Crippen molar-refractivity contribution in [3.8, 4) is 6.07 Å². The molecule has 0 unspecified atom stereocenters. The van der Waals surface area contributed by atoms with E-state index in [1.807, 2.05) is 42.5 Å². The van der Waals surface area contributed by atoms with Crippen LogP contribution in [0.1, 0.15) is 21.9 Å². The molecule has 0 atom stereocenters. The summed E-state index contributed by atoms with van der Waals surface area (Å²) in [6.45, 7) is 1.28. The first-order valence-corrected chi connectivity index (χ1v) is 8.51. The van der Waals surface area contributed by atoms with Gasteiger partial charge in [0.25, 0.3) is 0 Å². The number of aliphatic hydroxyl groups excluding tert-OH is 1. The number of esters is 1. The molecule has 28 heavy (non-hydrogen) atoms. The zero-order chi connectivity index (χ0) is 19.7. The molecule has 4 rings (SSSR count). The van der Waals surface area contributed by atoms with E-state index in [0.717, 1.165) is 10.9 Å². The van der Waals surface area contributed by atoms with E-state index in [1.54, 1.807) is 19.1 Å². The quantitative estimate of drug-likeness (QED) is 0.314. The van der Waals surface area contributed by atoms with Crippen molar-refractivity contribution >= 4 is 33.5 Å². The zero-order valence-corrected chi connectivity index (χ0v) is 14.9. The lowest BCUT2D eigenvalue weighted by molar-refractivity contribution is 0.0468. The van der Waals surface area contributed by atoms with Gasteiger partial charge in [-0.05, 0) is 25.1 Å². The van der Waals surface area contributed by atoms with Gasteiger partial charge in [0.05, 0.1) is 11.0 Å². The number of aryl methyl sites for hydroxylation is 1. The number of nitrogens with zero attached hydrogens (tertiary/aromatic N) is 2. The topological polar surface area (TPSA) is 112 Å². The molecule has 2 aromatic heterocycles. The van der Waals surface area contributed by atoms with Gasteiger partial charge in [-0.25, -0.2) is 9.78 Å². The second-order valence-corrected chi connectivity index (χ2v) is 6.16. The molecule has 2 N–H and O–H groups in total. The van der Waals surface area contributed by atoms with Crippen molar-refractivity contribution in [3.05, 3.63) is 71.4 Å². The van der Waals surface area contributed by atoms with Gasteiger partial charge in [0.2, 0.25) is 5.76 Å². The molecular formula is C21H15N3O4. The molecule has 0 radical (unpaired) electrons. The number of para-hydroxylation sites is 3. The molecule has 0 spiro atoms. The SMILES string of the molecule is Cc1c(C(=O)OCC(O)=C(C#N)c2nc3ccccc3[nH]2)oc2ccccc12. The number of furan rings is 1. The highest BCUT2D eigenvalue weighted by Gasteiger charge is 2.20. The van der Waals surface area contributed by atoms with Crippen LogP contribution in [0, 0.1) is 18.3 Å². The van der Waals surface area contributed by atoms with Crippen molar-refractivity contribution in [1.82, 2.24) is 9.97 Å². The average Bonchev–Trinajstić information content (AvgIpc) is 3.28. The largest absolute Gasteiger partial charge is 0.507 e. The predicted molar refractivity (Wildman–Crippen MR) is 102 cm³/mol. The van der Waals surface area contributed by atoms with E-state index < -0.39 is 18.3 Å². The van der Waals surface area contributed by atoms with Crippen LogP contribution < -0.4 is 0 Å². The number of ether oxygens (including phenoxy) is 1. The minimum absolute atomic E-state index is 0.0660. The van der Waals surface area contributed by atoms with Gasteiger partial charge in [-0.1, -0.05) is 30.3 Å². The number of aromatic amines is 1. The molecule has 4 aromatic rings. The maximum Gasteiger partial charge on any atom is 0.375 e. The number of benzene rings is 2. The monoisotopic (exact) mass is 373 g/mol. The highest BCUT2D eigenvalue weighted by Crippen LogP contribution is 2.26. The smallest absolute Gasteiger partial charge is 0.375 e. The highest BCUT2D eigenvalue weighted by molar-refractivity contribution is 5.96. The minimum Gasteiger partial charge on any atom is -0.507 e. The molecule has 0 aliphatic rings. The first-order chi connectivity index (χ1) is 13.6. The Balaban J connectivity index is 1.57. The number of H-pyrrole nitrogens is 1. The van der Waals surface area contributed by atoms with E-state index in [0.29, 0.717) is 16.7 Å². The van der Waals surface area contributed by atoms with Gasteiger partial charge in [0.1, 0.15) is 17.2 Å². The van der Waals surface area contributed by atoms with Gasteiger partial charge in [-0.2, -0.15) is 5.26 Å². The normalized spacial score (nSPS) is 12.0. The Hall–Kier alpha value is -4.05. The van der Waals surface area contributed by atoms with E-state index in [1.165, 1.54) is 0 Å². The van der Waals surface area contributed by atoms with Crippen LogP contribution >= 0.6 is 0 Å². The third-order valence-electron chi connectivity index (χ3n) is 4.40. The van der Waals surface area contributed by atoms with E-state index in [2.05, 4.69) is 9.97 Å². The van der Waals surface area contributed by atoms with Gasteiger partial charge < -0.3 is 19.2 Å². The summed E-state index contributed by atoms with van der Waals surface area (Å²) in [6.07, 6.45) is 0. The van der Waals surface area contributed by atoms with Gasteiger partial charge in [-0.15, -0.1) is 0 Å². The first kappa shape index (κ1) is 17.4. The maximum absolute atomic E-state index is 12.4. The lowest BCUT2D eigenvalue weighted by atomic mass is 10.1. The summed E-state index contributed by atoms with van der Waals surface area (Å²) < 4.78 is 10.7. The van der Waals surface area contributed by atoms with Gasteiger partial charge >= 0.3 is 5.97 Å². The Labute approximate surface area is 159 Å². The highest BCUT2D eigenvalue weighted by atomic mass is 16.6. The molecule has 0 bridgehead atoms. The summed E-state index contributed by atoms with van der Waals surface area (Å²) in [5, 5.41) is 20.5. The Kier molecular flexibility index (Phi) is 4.30. The van der Waals surface area contributed by atoms with Crippen LogP contribution in [0.15, 0.2) is 58.7 Å². The van der Waals surface area contributed by atoms with Crippen LogP contribution in [0.5, 0.6) is 0 Å². The maximum atomic E-state index is 12.4. The molecule has 2 heterocycles. The molecule has 0 aliphatic heterocycles. The van der Waals surface area contributed by atoms with E-state index >= 15 is 0 Å². The van der Waals surface area contributed by atoms with Crippen LogP contribution in [0.2, 0.25) is 0 Å². The van der Waals surface area contributed by atoms with Crippen molar-refractivity contribution in [3.63, 3.8) is 0 Å². The van der Waals surface area contributed by atoms with Gasteiger partial charge in [0, 0.05) is 10.9 Å². The lowest BCUT2D eigenvalue weighted by Crippen LogP contribution is -2.09. The molecule has 0 aliphatic carbocycles. The van der Waals surface area contributed by atoms with Gasteiger partial charge in [-0.3, -0.25) is 0 Å². The fourth-order valence-corrected chi connectivity index (χ4v) is 2.97. The van der Waals surface area contributed by atoms with Crippen molar-refractivity contribution in [2.45, 2.75) is 6.92 Å². The van der Waals surface area contributed by atoms with Crippen LogP contribution in [-0.4, -0.2) is 27.7 Å². The van der Waals surface area contributed by atoms with Crippen LogP contribution in [0.3, 0.4) is 0 Å². The van der Waals surface area contributed by atoms with Crippen molar-refractivity contribution < 1.29 is 19.1 Å². The summed E-state index contributed by atoms with van der Waals surface area (Å²) in [4.78, 5) is 19.6. The number of hydrogen-bond acceptors (Lipinski definition) is 6. The fourth-order valence-electron chi connectivity index (χ4n) is 2.97. The summed E-state index contributed by atoms with van der Waals surface area (Å²) in [5.41, 5.74) is 2.53. The molecule has 0 saturated carbocycles. The summed E-state index contributed by atoms with van der Waals surface area (Å²) in [7, 11) is 0. The summed E-state index contributed by atoms with van der Waals surface area (Å²) in [6, 6.07) is 16.4. The fraction of sp³-hybridized carbons (Fsp3) is 0.0952. The number of imidazole rings is 1. The molecule has 7 nitrogen and oxygen atoms in total. The number of carbonyl (C=O) groups is 1. The standard InChI is InChI=1S/C21H15N3O4/c1-12-13-6-2-5-9-18(13)28-19(12)21(26)27-11-17(25)14(10-22)20-23-15-7-3-4-8-16(15)24-20/h2-9,25H,11H2,1H3,(H,23,24). The molecule has 0 fully saturated rings. The van der Waals surface area contributed by atoms with Crippen molar-refractivity contribution in [2.75, 3.05) is 6.61 Å².